The molecule has 0 radical (unpaired) electrons. The summed E-state index contributed by atoms with van der Waals surface area (Å²) in [4.78, 5) is 2.35. The molecular weight excluding hydrogens is 413 g/mol. The second-order valence-electron chi connectivity index (χ2n) is 8.29. The van der Waals surface area contributed by atoms with Crippen LogP contribution < -0.4 is 10.2 Å². The molecule has 31 heavy (non-hydrogen) atoms. The van der Waals surface area contributed by atoms with Crippen molar-refractivity contribution < 1.29 is 4.39 Å². The summed E-state index contributed by atoms with van der Waals surface area (Å²) < 4.78 is 13.5. The molecule has 2 heterocycles. The van der Waals surface area contributed by atoms with Crippen LogP contribution in [0.4, 0.5) is 15.9 Å². The van der Waals surface area contributed by atoms with Gasteiger partial charge in [0.1, 0.15) is 17.7 Å². The van der Waals surface area contributed by atoms with E-state index in [-0.39, 0.29) is 5.82 Å². The summed E-state index contributed by atoms with van der Waals surface area (Å²) in [5, 5.41) is 21.8. The van der Waals surface area contributed by atoms with Crippen molar-refractivity contribution in [3.63, 3.8) is 0 Å². The Labute approximate surface area is 185 Å². The van der Waals surface area contributed by atoms with Gasteiger partial charge in [-0.3, -0.25) is 0 Å². The molecule has 1 unspecified atom stereocenters. The normalized spacial score (nSPS) is 22.2. The maximum atomic E-state index is 13.5. The minimum absolute atomic E-state index is 0.348. The minimum Gasteiger partial charge on any atom is -0.370 e. The van der Waals surface area contributed by atoms with Crippen LogP contribution in [0.1, 0.15) is 18.4 Å². The zero-order valence-electron chi connectivity index (χ0n) is 16.8. The van der Waals surface area contributed by atoms with Crippen LogP contribution in [0, 0.1) is 29.0 Å². The quantitative estimate of drug-likeness (QED) is 0.617. The summed E-state index contributed by atoms with van der Waals surface area (Å²) in [7, 11) is 0. The third kappa shape index (κ3) is 3.94. The van der Waals surface area contributed by atoms with Crippen molar-refractivity contribution in [2.75, 3.05) is 23.3 Å². The average Bonchev–Trinajstić information content (AvgIpc) is 3.34. The lowest BCUT2D eigenvalue weighted by Gasteiger charge is -2.22. The molecule has 156 valence electrons. The van der Waals surface area contributed by atoms with E-state index in [2.05, 4.69) is 26.5 Å². The molecule has 0 bridgehead atoms. The lowest BCUT2D eigenvalue weighted by molar-refractivity contribution is 0.494. The van der Waals surface area contributed by atoms with E-state index in [0.29, 0.717) is 40.0 Å². The monoisotopic (exact) mass is 433 g/mol. The number of halogens is 2. The molecule has 2 fully saturated rings. The molecule has 1 N–H and O–H groups in total. The number of anilines is 2. The summed E-state index contributed by atoms with van der Waals surface area (Å²) in [5.74, 6) is 1.56. The van der Waals surface area contributed by atoms with Gasteiger partial charge in [-0.25, -0.2) is 4.39 Å². The van der Waals surface area contributed by atoms with Crippen LogP contribution in [0.5, 0.6) is 0 Å². The van der Waals surface area contributed by atoms with Gasteiger partial charge in [0.05, 0.1) is 22.0 Å². The summed E-state index contributed by atoms with van der Waals surface area (Å²) >= 11 is 6.17. The molecule has 2 aliphatic rings. The van der Waals surface area contributed by atoms with E-state index in [9.17, 15) is 9.65 Å². The molecule has 5 rings (SSSR count). The lowest BCUT2D eigenvalue weighted by Crippen LogP contribution is -2.25. The number of nitriles is 1. The van der Waals surface area contributed by atoms with Crippen molar-refractivity contribution in [2.45, 2.75) is 18.9 Å². The van der Waals surface area contributed by atoms with Gasteiger partial charge in [0.25, 0.3) is 0 Å². The summed E-state index contributed by atoms with van der Waals surface area (Å²) in [6.07, 6.45) is 2.13. The van der Waals surface area contributed by atoms with Crippen molar-refractivity contribution in [2.24, 2.45) is 11.8 Å². The molecule has 1 aromatic heterocycles. The highest BCUT2D eigenvalue weighted by atomic mass is 35.5. The SMILES string of the molecule is N#Cc1ccccc1N1C[C@H]2CC(Nc3ccc(-c4cc(F)ccc4Cl)nn3)C[C@H]2C1. The van der Waals surface area contributed by atoms with Crippen LogP contribution in [0.2, 0.25) is 5.02 Å². The Hall–Kier alpha value is -3.17. The van der Waals surface area contributed by atoms with E-state index in [0.717, 1.165) is 37.2 Å². The first-order valence-corrected chi connectivity index (χ1v) is 10.8. The highest BCUT2D eigenvalue weighted by molar-refractivity contribution is 6.33. The number of fused-ring (bicyclic) bond motifs is 1. The van der Waals surface area contributed by atoms with Crippen molar-refractivity contribution in [3.8, 4) is 17.3 Å². The summed E-state index contributed by atoms with van der Waals surface area (Å²) in [6, 6.07) is 18.4. The Morgan fingerprint density at radius 1 is 1.03 bits per heavy atom. The number of hydrogen-bond acceptors (Lipinski definition) is 5. The third-order valence-electron chi connectivity index (χ3n) is 6.34. The summed E-state index contributed by atoms with van der Waals surface area (Å²) in [6.45, 7) is 1.95. The zero-order chi connectivity index (χ0) is 21.4. The molecule has 1 aliphatic carbocycles. The Morgan fingerprint density at radius 3 is 2.52 bits per heavy atom. The number of nitrogens with one attached hydrogen (secondary N) is 1. The maximum Gasteiger partial charge on any atom is 0.148 e. The summed E-state index contributed by atoms with van der Waals surface area (Å²) in [5.41, 5.74) is 2.87. The van der Waals surface area contributed by atoms with E-state index in [4.69, 9.17) is 11.6 Å². The average molecular weight is 434 g/mol. The second-order valence-corrected chi connectivity index (χ2v) is 8.70. The fourth-order valence-electron chi connectivity index (χ4n) is 4.91. The molecular formula is C24H21ClFN5. The number of benzene rings is 2. The van der Waals surface area contributed by atoms with E-state index in [1.807, 2.05) is 36.4 Å². The van der Waals surface area contributed by atoms with Gasteiger partial charge >= 0.3 is 0 Å². The number of para-hydroxylation sites is 1. The Kier molecular flexibility index (Phi) is 5.21. The lowest BCUT2D eigenvalue weighted by atomic mass is 10.0. The van der Waals surface area contributed by atoms with E-state index in [1.165, 1.54) is 18.2 Å². The molecule has 3 atom stereocenters. The molecule has 1 saturated heterocycles. The van der Waals surface area contributed by atoms with Crippen LogP contribution in [0.3, 0.4) is 0 Å². The fraction of sp³-hybridized carbons (Fsp3) is 0.292. The van der Waals surface area contributed by atoms with Crippen LogP contribution >= 0.6 is 11.6 Å². The zero-order valence-corrected chi connectivity index (χ0v) is 17.6. The van der Waals surface area contributed by atoms with Crippen molar-refractivity contribution in [3.05, 3.63) is 71.0 Å². The van der Waals surface area contributed by atoms with Gasteiger partial charge in [-0.2, -0.15) is 5.26 Å². The van der Waals surface area contributed by atoms with Gasteiger partial charge in [-0.1, -0.05) is 23.7 Å². The topological polar surface area (TPSA) is 64.8 Å². The number of aromatic nitrogens is 2. The first kappa shape index (κ1) is 19.8. The predicted octanol–water partition coefficient (Wildman–Crippen LogP) is 5.13. The van der Waals surface area contributed by atoms with Crippen molar-refractivity contribution in [1.29, 1.82) is 5.26 Å². The maximum absolute atomic E-state index is 13.5. The van der Waals surface area contributed by atoms with Crippen LogP contribution in [-0.4, -0.2) is 29.3 Å². The number of hydrogen-bond donors (Lipinski definition) is 1. The first-order chi connectivity index (χ1) is 15.1. The van der Waals surface area contributed by atoms with E-state index >= 15 is 0 Å². The Balaban J connectivity index is 1.22. The molecule has 5 nitrogen and oxygen atoms in total. The molecule has 1 aliphatic heterocycles. The standard InChI is InChI=1S/C24H21ClFN5/c25-21-6-5-18(26)11-20(21)22-7-8-24(30-29-22)28-19-9-16-13-31(14-17(16)10-19)23-4-2-1-3-15(23)12-27/h1-8,11,16-17,19H,9-10,13-14H2,(H,28,30)/t16-,17+,19?. The van der Waals surface area contributed by atoms with Crippen molar-refractivity contribution in [1.82, 2.24) is 10.2 Å². The minimum atomic E-state index is -0.354. The molecule has 1 saturated carbocycles. The van der Waals surface area contributed by atoms with Gasteiger partial charge < -0.3 is 10.2 Å². The van der Waals surface area contributed by atoms with Crippen LogP contribution in [-0.2, 0) is 0 Å². The third-order valence-corrected chi connectivity index (χ3v) is 6.67. The van der Waals surface area contributed by atoms with Gasteiger partial charge in [0.2, 0.25) is 0 Å². The highest BCUT2D eigenvalue weighted by Gasteiger charge is 2.41. The molecule has 0 spiro atoms. The number of rotatable bonds is 4. The van der Waals surface area contributed by atoms with Gasteiger partial charge in [-0.05, 0) is 67.1 Å². The van der Waals surface area contributed by atoms with Crippen molar-refractivity contribution >= 4 is 23.1 Å². The molecule has 0 amide bonds. The highest BCUT2D eigenvalue weighted by Crippen LogP contribution is 2.41. The van der Waals surface area contributed by atoms with Crippen LogP contribution in [0.15, 0.2) is 54.6 Å². The number of nitrogens with zero attached hydrogens (tertiary/aromatic N) is 4. The van der Waals surface area contributed by atoms with Gasteiger partial charge in [0, 0.05) is 24.7 Å². The van der Waals surface area contributed by atoms with Crippen LogP contribution in [0.25, 0.3) is 11.3 Å². The second kappa shape index (κ2) is 8.16. The molecule has 3 aromatic rings. The molecule has 2 aromatic carbocycles. The first-order valence-electron chi connectivity index (χ1n) is 10.4. The van der Waals surface area contributed by atoms with E-state index < -0.39 is 0 Å². The van der Waals surface area contributed by atoms with Gasteiger partial charge in [0.15, 0.2) is 0 Å². The Morgan fingerprint density at radius 2 is 1.81 bits per heavy atom. The van der Waals surface area contributed by atoms with E-state index in [1.54, 1.807) is 0 Å². The van der Waals surface area contributed by atoms with Gasteiger partial charge in [-0.15, -0.1) is 10.2 Å². The predicted molar refractivity (Wildman–Crippen MR) is 119 cm³/mol. The smallest absolute Gasteiger partial charge is 0.148 e. The fourth-order valence-corrected chi connectivity index (χ4v) is 5.13. The largest absolute Gasteiger partial charge is 0.370 e. The molecule has 7 heteroatoms. The Bertz CT molecular complexity index is 1130.